The van der Waals surface area contributed by atoms with E-state index < -0.39 is 74.4 Å². The number of carboxylic acids is 1. The quantitative estimate of drug-likeness (QED) is 0.350. The van der Waals surface area contributed by atoms with Crippen molar-refractivity contribution in [1.82, 2.24) is 0 Å². The lowest BCUT2D eigenvalue weighted by molar-refractivity contribution is -0.242. The van der Waals surface area contributed by atoms with Crippen LogP contribution in [-0.4, -0.2) is 50.0 Å². The van der Waals surface area contributed by atoms with Crippen LogP contribution in [0.4, 0.5) is 46.9 Å². The van der Waals surface area contributed by atoms with E-state index in [0.29, 0.717) is 30.3 Å². The molecule has 1 aliphatic heterocycles. The third kappa shape index (κ3) is 6.82. The molecule has 0 unspecified atom stereocenters. The molecule has 0 saturated heterocycles. The second-order valence-corrected chi connectivity index (χ2v) is 12.4. The number of sulfonamides is 1. The minimum Gasteiger partial charge on any atom is -0.486 e. The van der Waals surface area contributed by atoms with Gasteiger partial charge in [-0.1, -0.05) is 0 Å². The first-order valence-corrected chi connectivity index (χ1v) is 13.4. The molecule has 42 heavy (non-hydrogen) atoms. The lowest BCUT2D eigenvalue weighted by Crippen LogP contribution is -2.46. The zero-order valence-corrected chi connectivity index (χ0v) is 23.2. The summed E-state index contributed by atoms with van der Waals surface area (Å²) in [5.41, 5.74) is -6.82. The van der Waals surface area contributed by atoms with Gasteiger partial charge in [-0.2, -0.15) is 26.3 Å². The van der Waals surface area contributed by atoms with Crippen molar-refractivity contribution in [2.75, 3.05) is 16.2 Å². The smallest absolute Gasteiger partial charge is 0.427 e. The Kier molecular flexibility index (Phi) is 8.44. The summed E-state index contributed by atoms with van der Waals surface area (Å²) in [7, 11) is -4.93. The highest BCUT2D eigenvalue weighted by Gasteiger charge is 2.51. The lowest BCUT2D eigenvalue weighted by atomic mass is 9.86. The maximum Gasteiger partial charge on any atom is 0.427 e. The Labute approximate surface area is 235 Å². The molecule has 0 saturated carbocycles. The number of carbonyl (C=O) groups is 2. The maximum absolute atomic E-state index is 13.9. The molecule has 2 N–H and O–H groups in total. The minimum atomic E-state index is -5.24. The molecule has 3 rings (SSSR count). The summed E-state index contributed by atoms with van der Waals surface area (Å²) in [4.78, 5) is 22.9. The van der Waals surface area contributed by atoms with Gasteiger partial charge in [-0.05, 0) is 64.1 Å². The fourth-order valence-electron chi connectivity index (χ4n) is 3.82. The van der Waals surface area contributed by atoms with Crippen LogP contribution in [0.3, 0.4) is 0 Å². The molecule has 1 heterocycles. The highest BCUT2D eigenvalue weighted by molar-refractivity contribution is 7.92. The van der Waals surface area contributed by atoms with Crippen LogP contribution in [0.5, 0.6) is 5.75 Å². The van der Waals surface area contributed by atoms with Gasteiger partial charge in [-0.25, -0.2) is 17.6 Å². The molecular formula is C25H25F7N2O7S. The van der Waals surface area contributed by atoms with E-state index in [4.69, 9.17) is 4.74 Å². The van der Waals surface area contributed by atoms with E-state index in [1.807, 2.05) is 5.32 Å². The number of aliphatic carboxylic acids is 1. The number of rotatable bonds is 7. The summed E-state index contributed by atoms with van der Waals surface area (Å²) in [6.45, 7) is 3.24. The van der Waals surface area contributed by atoms with Gasteiger partial charge in [0.05, 0.1) is 28.1 Å². The van der Waals surface area contributed by atoms with E-state index in [0.717, 1.165) is 18.2 Å². The zero-order chi connectivity index (χ0) is 32.1. The number of carboxylic acid groups (broad SMARTS) is 1. The van der Waals surface area contributed by atoms with Crippen molar-refractivity contribution in [3.63, 3.8) is 0 Å². The Morgan fingerprint density at radius 2 is 1.67 bits per heavy atom. The summed E-state index contributed by atoms with van der Waals surface area (Å²) in [5, 5.41) is 11.5. The number of benzene rings is 2. The van der Waals surface area contributed by atoms with Crippen LogP contribution in [-0.2, 0) is 25.7 Å². The molecule has 0 bridgehead atoms. The average Bonchev–Trinajstić information content (AvgIpc) is 2.81. The van der Waals surface area contributed by atoms with Crippen molar-refractivity contribution in [1.29, 1.82) is 0 Å². The number of alkyl halides is 6. The van der Waals surface area contributed by atoms with Crippen LogP contribution in [0, 0.1) is 11.2 Å². The predicted molar refractivity (Wildman–Crippen MR) is 133 cm³/mol. The topological polar surface area (TPSA) is 122 Å². The standard InChI is InChI=1S/C25H25F7N2O7S/c1-22(2,20(35)36)11-14-12-34(42(38,39)15-6-7-17(26)16(10-15)24(27,28)29)18-9-13(5-8-19(18)40-14)33-21(37)41-23(3,4)25(30,31)32/h5-10,14H,11-12H2,1-4H3,(H,33,37)(H,35,36)/t14-/m0/s1. The van der Waals surface area contributed by atoms with Crippen molar-refractivity contribution in [3.8, 4) is 5.75 Å². The number of hydrogen-bond donors (Lipinski definition) is 2. The van der Waals surface area contributed by atoms with Gasteiger partial charge in [-0.3, -0.25) is 14.4 Å². The van der Waals surface area contributed by atoms with E-state index in [2.05, 4.69) is 4.74 Å². The number of amides is 1. The Morgan fingerprint density at radius 1 is 1.05 bits per heavy atom. The van der Waals surface area contributed by atoms with Gasteiger partial charge in [0.15, 0.2) is 0 Å². The van der Waals surface area contributed by atoms with Crippen LogP contribution >= 0.6 is 0 Å². The van der Waals surface area contributed by atoms with Gasteiger partial charge in [0.25, 0.3) is 10.0 Å². The first-order chi connectivity index (χ1) is 19.0. The van der Waals surface area contributed by atoms with Crippen molar-refractivity contribution in [2.24, 2.45) is 5.41 Å². The van der Waals surface area contributed by atoms with E-state index in [9.17, 15) is 53.8 Å². The molecule has 2 aromatic rings. The Morgan fingerprint density at radius 3 is 2.21 bits per heavy atom. The van der Waals surface area contributed by atoms with Crippen LogP contribution < -0.4 is 14.4 Å². The number of halogens is 7. The fraction of sp³-hybridized carbons (Fsp3) is 0.440. The largest absolute Gasteiger partial charge is 0.486 e. The predicted octanol–water partition coefficient (Wildman–Crippen LogP) is 6.19. The molecule has 232 valence electrons. The molecule has 2 aromatic carbocycles. The van der Waals surface area contributed by atoms with Crippen LogP contribution in [0.15, 0.2) is 41.3 Å². The first kappa shape index (κ1) is 32.8. The average molecular weight is 631 g/mol. The first-order valence-electron chi connectivity index (χ1n) is 12.0. The lowest BCUT2D eigenvalue weighted by Gasteiger charge is -2.38. The molecular weight excluding hydrogens is 605 g/mol. The molecule has 0 radical (unpaired) electrons. The van der Waals surface area contributed by atoms with Gasteiger partial charge in [0.2, 0.25) is 5.60 Å². The van der Waals surface area contributed by atoms with E-state index >= 15 is 0 Å². The van der Waals surface area contributed by atoms with Crippen LogP contribution in [0.1, 0.15) is 39.7 Å². The monoisotopic (exact) mass is 630 g/mol. The molecule has 1 amide bonds. The van der Waals surface area contributed by atoms with Crippen molar-refractivity contribution in [3.05, 3.63) is 47.8 Å². The van der Waals surface area contributed by atoms with Gasteiger partial charge >= 0.3 is 24.4 Å². The molecule has 9 nitrogen and oxygen atoms in total. The van der Waals surface area contributed by atoms with Gasteiger partial charge in [-0.15, -0.1) is 0 Å². The van der Waals surface area contributed by atoms with Crippen molar-refractivity contribution in [2.45, 2.75) is 63.1 Å². The number of carbonyl (C=O) groups excluding carboxylic acids is 1. The SMILES string of the molecule is CC(C)(C[C@H]1CN(S(=O)(=O)c2ccc(F)c(C(F)(F)F)c2)c2cc(NC(=O)OC(C)(C)C(F)(F)F)ccc2O1)C(=O)O. The Bertz CT molecular complexity index is 1490. The Balaban J connectivity index is 2.07. The van der Waals surface area contributed by atoms with Crippen molar-refractivity contribution >= 4 is 33.5 Å². The maximum atomic E-state index is 13.9. The highest BCUT2D eigenvalue weighted by atomic mass is 32.2. The number of fused-ring (bicyclic) bond motifs is 1. The molecule has 1 atom stereocenters. The van der Waals surface area contributed by atoms with E-state index in [1.54, 1.807) is 0 Å². The van der Waals surface area contributed by atoms with Gasteiger partial charge < -0.3 is 14.6 Å². The molecule has 0 fully saturated rings. The third-order valence-corrected chi connectivity index (χ3v) is 8.09. The van der Waals surface area contributed by atoms with E-state index in [1.165, 1.54) is 13.8 Å². The third-order valence-electron chi connectivity index (χ3n) is 6.32. The molecule has 0 spiro atoms. The molecule has 0 aliphatic carbocycles. The second-order valence-electron chi connectivity index (χ2n) is 10.5. The van der Waals surface area contributed by atoms with Gasteiger partial charge in [0.1, 0.15) is 17.7 Å². The molecule has 1 aliphatic rings. The number of ether oxygens (including phenoxy) is 2. The van der Waals surface area contributed by atoms with E-state index in [-0.39, 0.29) is 29.6 Å². The van der Waals surface area contributed by atoms with Crippen molar-refractivity contribution < 1.29 is 63.3 Å². The number of nitrogens with zero attached hydrogens (tertiary/aromatic N) is 1. The normalized spacial score (nSPS) is 16.4. The van der Waals surface area contributed by atoms with Gasteiger partial charge in [0, 0.05) is 12.1 Å². The Hall–Kier alpha value is -3.76. The molecule has 0 aromatic heterocycles. The number of anilines is 2. The fourth-order valence-corrected chi connectivity index (χ4v) is 5.35. The summed E-state index contributed by atoms with van der Waals surface area (Å²) in [6.07, 6.45) is -13.1. The molecule has 17 heteroatoms. The summed E-state index contributed by atoms with van der Waals surface area (Å²) < 4.78 is 131. The van der Waals surface area contributed by atoms with Crippen LogP contribution in [0.2, 0.25) is 0 Å². The van der Waals surface area contributed by atoms with Crippen LogP contribution in [0.25, 0.3) is 0 Å². The minimum absolute atomic E-state index is 0.0919. The number of nitrogens with one attached hydrogen (secondary N) is 1. The highest BCUT2D eigenvalue weighted by Crippen LogP contribution is 2.42. The summed E-state index contributed by atoms with van der Waals surface area (Å²) in [6, 6.07) is 4.21. The zero-order valence-electron chi connectivity index (χ0n) is 22.4. The summed E-state index contributed by atoms with van der Waals surface area (Å²) >= 11 is 0. The number of hydrogen-bond acceptors (Lipinski definition) is 6. The second kappa shape index (κ2) is 10.8. The summed E-state index contributed by atoms with van der Waals surface area (Å²) in [5.74, 6) is -3.18.